The molecule has 0 aliphatic carbocycles. The molecule has 1 atom stereocenters. The number of hydrogen-bond donors (Lipinski definition) is 2. The van der Waals surface area contributed by atoms with Crippen molar-refractivity contribution in [2.45, 2.75) is 12.5 Å². The Morgan fingerprint density at radius 1 is 1.67 bits per heavy atom. The first-order valence-electron chi connectivity index (χ1n) is 4.17. The van der Waals surface area contributed by atoms with E-state index in [0.29, 0.717) is 12.0 Å². The Labute approximate surface area is 85.7 Å². The minimum atomic E-state index is -0.205. The van der Waals surface area contributed by atoms with Crippen LogP contribution in [0.1, 0.15) is 18.2 Å². The maximum absolute atomic E-state index is 10.5. The molecule has 0 spiro atoms. The van der Waals surface area contributed by atoms with Gasteiger partial charge in [-0.05, 0) is 12.1 Å². The van der Waals surface area contributed by atoms with Gasteiger partial charge in [0.05, 0.1) is 5.69 Å². The van der Waals surface area contributed by atoms with Crippen LogP contribution in [0.15, 0.2) is 29.0 Å². The first-order chi connectivity index (χ1) is 6.85. The van der Waals surface area contributed by atoms with E-state index in [4.69, 9.17) is 10.6 Å². The van der Waals surface area contributed by atoms with E-state index in [1.54, 1.807) is 12.1 Å². The quantitative estimate of drug-likeness (QED) is 0.375. The Bertz CT molecular complexity index is 404. The Hall–Kier alpha value is -2.04. The number of carbonyl (C=O) groups excluding carboxylic acids is 1. The van der Waals surface area contributed by atoms with E-state index in [1.165, 1.54) is 0 Å². The number of aromatic amines is 1. The van der Waals surface area contributed by atoms with E-state index >= 15 is 0 Å². The fourth-order valence-electron chi connectivity index (χ4n) is 1.43. The van der Waals surface area contributed by atoms with Crippen LogP contribution < -0.4 is 5.84 Å². The maximum Gasteiger partial charge on any atom is 0.245 e. The van der Waals surface area contributed by atoms with Crippen LogP contribution in [-0.2, 0) is 9.53 Å². The monoisotopic (exact) mass is 209 g/mol. The standard InChI is InChI=1S/C9H9N3O2.H2O/c10-12-9-6(5-13)4-8(14-9)7-2-1-3-11-7;/h1-3,8,11H,4,10H2;1H2. The van der Waals surface area contributed by atoms with Crippen LogP contribution in [0.4, 0.5) is 0 Å². The molecule has 1 aromatic heterocycles. The molecule has 2 heterocycles. The van der Waals surface area contributed by atoms with E-state index in [2.05, 4.69) is 10.1 Å². The van der Waals surface area contributed by atoms with Crippen LogP contribution in [0.5, 0.6) is 0 Å². The normalized spacial score (nSPS) is 22.0. The average Bonchev–Trinajstić information content (AvgIpc) is 2.85. The highest BCUT2D eigenvalue weighted by molar-refractivity contribution is 6.02. The van der Waals surface area contributed by atoms with Crippen molar-refractivity contribution in [1.29, 1.82) is 0 Å². The summed E-state index contributed by atoms with van der Waals surface area (Å²) in [5.74, 6) is 7.02. The highest BCUT2D eigenvalue weighted by Gasteiger charge is 2.30. The third kappa shape index (κ3) is 1.90. The number of nitrogens with zero attached hydrogens (tertiary/aromatic N) is 1. The molecule has 2 rings (SSSR count). The number of aromatic nitrogens is 1. The van der Waals surface area contributed by atoms with Crippen molar-refractivity contribution in [3.05, 3.63) is 29.6 Å². The second-order valence-electron chi connectivity index (χ2n) is 2.95. The second-order valence-corrected chi connectivity index (χ2v) is 2.95. The predicted molar refractivity (Wildman–Crippen MR) is 53.7 cm³/mol. The van der Waals surface area contributed by atoms with Crippen molar-refractivity contribution < 1.29 is 15.0 Å². The van der Waals surface area contributed by atoms with Crippen molar-refractivity contribution in [2.75, 3.05) is 0 Å². The Morgan fingerprint density at radius 3 is 2.93 bits per heavy atom. The van der Waals surface area contributed by atoms with E-state index < -0.39 is 0 Å². The van der Waals surface area contributed by atoms with Crippen LogP contribution in [0.2, 0.25) is 0 Å². The predicted octanol–water partition coefficient (Wildman–Crippen LogP) is -0.318. The van der Waals surface area contributed by atoms with Gasteiger partial charge < -0.3 is 21.0 Å². The molecule has 80 valence electrons. The van der Waals surface area contributed by atoms with Crippen LogP contribution in [0.25, 0.3) is 0 Å². The van der Waals surface area contributed by atoms with E-state index in [9.17, 15) is 4.79 Å². The molecule has 5 N–H and O–H groups in total. The Morgan fingerprint density at radius 2 is 2.47 bits per heavy atom. The maximum atomic E-state index is 10.5. The summed E-state index contributed by atoms with van der Waals surface area (Å²) in [5.41, 5.74) is 1.28. The van der Waals surface area contributed by atoms with Gasteiger partial charge in [0.25, 0.3) is 0 Å². The lowest BCUT2D eigenvalue weighted by Gasteiger charge is -2.05. The number of H-pyrrole nitrogens is 1. The molecule has 1 unspecified atom stereocenters. The fourth-order valence-corrected chi connectivity index (χ4v) is 1.43. The smallest absolute Gasteiger partial charge is 0.245 e. The minimum absolute atomic E-state index is 0. The third-order valence-electron chi connectivity index (χ3n) is 2.11. The molecule has 15 heavy (non-hydrogen) atoms. The zero-order valence-corrected chi connectivity index (χ0v) is 7.86. The summed E-state index contributed by atoms with van der Waals surface area (Å²) >= 11 is 0. The van der Waals surface area contributed by atoms with Crippen LogP contribution in [0.3, 0.4) is 0 Å². The Kier molecular flexibility index (Phi) is 3.28. The zero-order valence-electron chi connectivity index (χ0n) is 7.86. The summed E-state index contributed by atoms with van der Waals surface area (Å²) in [6.45, 7) is 0. The summed E-state index contributed by atoms with van der Waals surface area (Å²) < 4.78 is 5.35. The average molecular weight is 209 g/mol. The number of rotatable bonds is 1. The first kappa shape index (κ1) is 11.0. The number of nitrogens with two attached hydrogens (primary N) is 1. The summed E-state index contributed by atoms with van der Waals surface area (Å²) in [6.07, 6.45) is 2.05. The molecule has 0 bridgehead atoms. The summed E-state index contributed by atoms with van der Waals surface area (Å²) in [5, 5.41) is 3.38. The van der Waals surface area contributed by atoms with Gasteiger partial charge in [-0.3, -0.25) is 0 Å². The molecule has 6 nitrogen and oxygen atoms in total. The molecule has 0 saturated carbocycles. The van der Waals surface area contributed by atoms with Gasteiger partial charge >= 0.3 is 0 Å². The number of hydrazone groups is 1. The lowest BCUT2D eigenvalue weighted by molar-refractivity contribution is 0.219. The van der Waals surface area contributed by atoms with E-state index in [1.807, 2.05) is 12.1 Å². The van der Waals surface area contributed by atoms with Crippen LogP contribution in [0, 0.1) is 0 Å². The van der Waals surface area contributed by atoms with Crippen molar-refractivity contribution in [3.63, 3.8) is 0 Å². The van der Waals surface area contributed by atoms with Gasteiger partial charge in [-0.25, -0.2) is 4.79 Å². The van der Waals surface area contributed by atoms with Crippen LogP contribution in [-0.4, -0.2) is 22.3 Å². The third-order valence-corrected chi connectivity index (χ3v) is 2.11. The zero-order chi connectivity index (χ0) is 9.97. The van der Waals surface area contributed by atoms with Crippen molar-refractivity contribution in [1.82, 2.24) is 4.98 Å². The molecule has 1 aliphatic rings. The lowest BCUT2D eigenvalue weighted by atomic mass is 10.1. The highest BCUT2D eigenvalue weighted by Crippen LogP contribution is 2.31. The molecular weight excluding hydrogens is 198 g/mol. The summed E-state index contributed by atoms with van der Waals surface area (Å²) in [7, 11) is 0. The van der Waals surface area contributed by atoms with E-state index in [0.717, 1.165) is 5.69 Å². The number of nitrogens with one attached hydrogen (secondary N) is 1. The number of ether oxygens (including phenoxy) is 1. The van der Waals surface area contributed by atoms with Gasteiger partial charge in [0.2, 0.25) is 5.90 Å². The molecule has 0 radical (unpaired) electrons. The first-order valence-corrected chi connectivity index (χ1v) is 4.17. The molecule has 0 amide bonds. The van der Waals surface area contributed by atoms with Gasteiger partial charge in [0.15, 0.2) is 0 Å². The van der Waals surface area contributed by atoms with Crippen LogP contribution >= 0.6 is 0 Å². The minimum Gasteiger partial charge on any atom is -0.466 e. The lowest BCUT2D eigenvalue weighted by Crippen LogP contribution is -2.03. The molecule has 1 aromatic rings. The molecule has 6 heteroatoms. The molecule has 0 aromatic carbocycles. The molecule has 1 fully saturated rings. The molecule has 1 aliphatic heterocycles. The van der Waals surface area contributed by atoms with Crippen molar-refractivity contribution in [3.8, 4) is 0 Å². The van der Waals surface area contributed by atoms with Gasteiger partial charge in [0, 0.05) is 12.6 Å². The topological polar surface area (TPSA) is 112 Å². The van der Waals surface area contributed by atoms with Gasteiger partial charge in [0.1, 0.15) is 17.6 Å². The summed E-state index contributed by atoms with van der Waals surface area (Å²) in [4.78, 5) is 13.5. The second kappa shape index (κ2) is 4.45. The highest BCUT2D eigenvalue weighted by atomic mass is 16.5. The van der Waals surface area contributed by atoms with Gasteiger partial charge in [-0.2, -0.15) is 0 Å². The molecule has 1 saturated heterocycles. The Balaban J connectivity index is 0.00000112. The van der Waals surface area contributed by atoms with Crippen molar-refractivity contribution >= 4 is 11.8 Å². The fraction of sp³-hybridized carbons (Fsp3) is 0.222. The van der Waals surface area contributed by atoms with Crippen molar-refractivity contribution in [2.24, 2.45) is 10.9 Å². The number of hydrogen-bond acceptors (Lipinski definition) is 4. The van der Waals surface area contributed by atoms with Gasteiger partial charge in [-0.15, -0.1) is 5.10 Å². The largest absolute Gasteiger partial charge is 0.466 e. The summed E-state index contributed by atoms with van der Waals surface area (Å²) in [6, 6.07) is 3.74. The molecular formula is C9H11N3O3. The van der Waals surface area contributed by atoms with Gasteiger partial charge in [-0.1, -0.05) is 0 Å². The van der Waals surface area contributed by atoms with E-state index in [-0.39, 0.29) is 17.5 Å². The SMILES string of the molecule is NN=C1OC(c2ccc[nH]2)CC1=C=O.O.